The summed E-state index contributed by atoms with van der Waals surface area (Å²) in [7, 11) is 0. The van der Waals surface area contributed by atoms with Gasteiger partial charge in [0.05, 0.1) is 28.8 Å². The topological polar surface area (TPSA) is 47.6 Å². The average Bonchev–Trinajstić information content (AvgIpc) is 2.57. The van der Waals surface area contributed by atoms with E-state index in [2.05, 4.69) is 5.32 Å². The standard InChI is InChI=1S/C19H21Cl2NO3/c1-3-24-16-9-8-13(12-17(16)25-4-2)10-11-22-19(23)18-14(20)6-5-7-15(18)21/h5-9,12H,3-4,10-11H2,1-2H3,(H,22,23). The lowest BCUT2D eigenvalue weighted by Gasteiger charge is -2.13. The van der Waals surface area contributed by atoms with Crippen LogP contribution in [0.2, 0.25) is 10.0 Å². The zero-order valence-electron chi connectivity index (χ0n) is 14.3. The largest absolute Gasteiger partial charge is 0.490 e. The third-order valence-corrected chi connectivity index (χ3v) is 4.13. The highest BCUT2D eigenvalue weighted by Gasteiger charge is 2.14. The van der Waals surface area contributed by atoms with E-state index in [4.69, 9.17) is 32.7 Å². The molecule has 0 aliphatic rings. The van der Waals surface area contributed by atoms with Gasteiger partial charge in [-0.15, -0.1) is 0 Å². The van der Waals surface area contributed by atoms with E-state index in [1.807, 2.05) is 32.0 Å². The van der Waals surface area contributed by atoms with Crippen LogP contribution >= 0.6 is 23.2 Å². The summed E-state index contributed by atoms with van der Waals surface area (Å²) in [6.45, 7) is 5.45. The zero-order valence-corrected chi connectivity index (χ0v) is 15.8. The molecule has 134 valence electrons. The molecule has 2 rings (SSSR count). The summed E-state index contributed by atoms with van der Waals surface area (Å²) in [4.78, 5) is 12.3. The summed E-state index contributed by atoms with van der Waals surface area (Å²) >= 11 is 12.1. The van der Waals surface area contributed by atoms with Crippen molar-refractivity contribution in [2.75, 3.05) is 19.8 Å². The summed E-state index contributed by atoms with van der Waals surface area (Å²) in [5, 5.41) is 3.52. The molecule has 0 heterocycles. The predicted octanol–water partition coefficient (Wildman–Crippen LogP) is 4.76. The maximum absolute atomic E-state index is 12.3. The van der Waals surface area contributed by atoms with Crippen LogP contribution in [0.5, 0.6) is 11.5 Å². The first-order valence-corrected chi connectivity index (χ1v) is 8.93. The molecule has 1 N–H and O–H groups in total. The Bertz CT molecular complexity index is 714. The van der Waals surface area contributed by atoms with Crippen LogP contribution in [0, 0.1) is 0 Å². The lowest BCUT2D eigenvalue weighted by molar-refractivity contribution is 0.0954. The van der Waals surface area contributed by atoms with E-state index in [-0.39, 0.29) is 5.91 Å². The minimum Gasteiger partial charge on any atom is -0.490 e. The second-order valence-corrected chi connectivity index (χ2v) is 6.06. The van der Waals surface area contributed by atoms with Gasteiger partial charge in [0, 0.05) is 6.54 Å². The van der Waals surface area contributed by atoms with Gasteiger partial charge in [0.2, 0.25) is 0 Å². The van der Waals surface area contributed by atoms with Crippen molar-refractivity contribution in [2.24, 2.45) is 0 Å². The van der Waals surface area contributed by atoms with E-state index in [0.717, 1.165) is 11.3 Å². The Morgan fingerprint density at radius 3 is 2.28 bits per heavy atom. The van der Waals surface area contributed by atoms with Crippen molar-refractivity contribution in [3.05, 3.63) is 57.6 Å². The molecule has 25 heavy (non-hydrogen) atoms. The molecule has 0 atom stereocenters. The van der Waals surface area contributed by atoms with Crippen LogP contribution < -0.4 is 14.8 Å². The second kappa shape index (κ2) is 9.54. The summed E-state index contributed by atoms with van der Waals surface area (Å²) in [5.74, 6) is 1.15. The van der Waals surface area contributed by atoms with Gasteiger partial charge in [-0.3, -0.25) is 4.79 Å². The van der Waals surface area contributed by atoms with E-state index in [9.17, 15) is 4.79 Å². The molecule has 1 amide bonds. The zero-order chi connectivity index (χ0) is 18.2. The summed E-state index contributed by atoms with van der Waals surface area (Å²) in [6, 6.07) is 10.8. The van der Waals surface area contributed by atoms with Crippen LogP contribution in [0.25, 0.3) is 0 Å². The van der Waals surface area contributed by atoms with Gasteiger partial charge in [-0.2, -0.15) is 0 Å². The van der Waals surface area contributed by atoms with Crippen LogP contribution in [0.15, 0.2) is 36.4 Å². The monoisotopic (exact) mass is 381 g/mol. The van der Waals surface area contributed by atoms with Crippen molar-refractivity contribution in [3.63, 3.8) is 0 Å². The first-order valence-electron chi connectivity index (χ1n) is 8.17. The van der Waals surface area contributed by atoms with Gasteiger partial charge in [0.25, 0.3) is 5.91 Å². The van der Waals surface area contributed by atoms with Gasteiger partial charge in [-0.25, -0.2) is 0 Å². The Labute approximate surface area is 158 Å². The van der Waals surface area contributed by atoms with Gasteiger partial charge >= 0.3 is 0 Å². The molecular formula is C19H21Cl2NO3. The normalized spacial score (nSPS) is 10.4. The molecule has 2 aromatic rings. The van der Waals surface area contributed by atoms with E-state index in [0.29, 0.717) is 47.5 Å². The van der Waals surface area contributed by atoms with Crippen molar-refractivity contribution < 1.29 is 14.3 Å². The van der Waals surface area contributed by atoms with Crippen LogP contribution in [-0.2, 0) is 6.42 Å². The van der Waals surface area contributed by atoms with Crippen molar-refractivity contribution in [2.45, 2.75) is 20.3 Å². The fourth-order valence-corrected chi connectivity index (χ4v) is 2.94. The number of nitrogens with one attached hydrogen (secondary N) is 1. The Morgan fingerprint density at radius 2 is 1.64 bits per heavy atom. The average molecular weight is 382 g/mol. The minimum absolute atomic E-state index is 0.286. The van der Waals surface area contributed by atoms with Gasteiger partial charge in [0.1, 0.15) is 0 Å². The van der Waals surface area contributed by atoms with Crippen molar-refractivity contribution in [1.29, 1.82) is 0 Å². The number of rotatable bonds is 8. The lowest BCUT2D eigenvalue weighted by Crippen LogP contribution is -2.26. The smallest absolute Gasteiger partial charge is 0.254 e. The maximum atomic E-state index is 12.3. The molecule has 0 unspecified atom stereocenters. The fourth-order valence-electron chi connectivity index (χ4n) is 2.37. The highest BCUT2D eigenvalue weighted by Crippen LogP contribution is 2.28. The SMILES string of the molecule is CCOc1ccc(CCNC(=O)c2c(Cl)cccc2Cl)cc1OCC. The van der Waals surface area contributed by atoms with Gasteiger partial charge in [-0.1, -0.05) is 35.3 Å². The van der Waals surface area contributed by atoms with E-state index in [1.165, 1.54) is 0 Å². The molecule has 4 nitrogen and oxygen atoms in total. The minimum atomic E-state index is -0.286. The van der Waals surface area contributed by atoms with Crippen LogP contribution in [0.4, 0.5) is 0 Å². The summed E-state index contributed by atoms with van der Waals surface area (Å²) in [5.41, 5.74) is 1.34. The van der Waals surface area contributed by atoms with Gasteiger partial charge in [-0.05, 0) is 50.1 Å². The quantitative estimate of drug-likeness (QED) is 0.716. The van der Waals surface area contributed by atoms with E-state index >= 15 is 0 Å². The third-order valence-electron chi connectivity index (χ3n) is 3.50. The molecule has 0 aromatic heterocycles. The Hall–Kier alpha value is -1.91. The first kappa shape index (κ1) is 19.4. The number of hydrogen-bond acceptors (Lipinski definition) is 3. The molecule has 0 spiro atoms. The molecule has 0 aliphatic heterocycles. The molecular weight excluding hydrogens is 361 g/mol. The Kier molecular flexibility index (Phi) is 7.41. The maximum Gasteiger partial charge on any atom is 0.254 e. The molecule has 6 heteroatoms. The number of hydrogen-bond donors (Lipinski definition) is 1. The second-order valence-electron chi connectivity index (χ2n) is 5.25. The predicted molar refractivity (Wildman–Crippen MR) is 101 cm³/mol. The number of halogens is 2. The van der Waals surface area contributed by atoms with E-state index in [1.54, 1.807) is 18.2 Å². The molecule has 0 saturated heterocycles. The number of amides is 1. The molecule has 0 radical (unpaired) electrons. The number of carbonyl (C=O) groups excluding carboxylic acids is 1. The Morgan fingerprint density at radius 1 is 1.00 bits per heavy atom. The van der Waals surface area contributed by atoms with Crippen LogP contribution in [0.1, 0.15) is 29.8 Å². The van der Waals surface area contributed by atoms with Gasteiger partial charge < -0.3 is 14.8 Å². The lowest BCUT2D eigenvalue weighted by atomic mass is 10.1. The highest BCUT2D eigenvalue weighted by molar-refractivity contribution is 6.39. The van der Waals surface area contributed by atoms with Crippen molar-refractivity contribution in [1.82, 2.24) is 5.32 Å². The molecule has 2 aromatic carbocycles. The number of carbonyl (C=O) groups is 1. The van der Waals surface area contributed by atoms with E-state index < -0.39 is 0 Å². The molecule has 0 aliphatic carbocycles. The first-order chi connectivity index (χ1) is 12.1. The summed E-state index contributed by atoms with van der Waals surface area (Å²) in [6.07, 6.45) is 0.653. The molecule has 0 fully saturated rings. The van der Waals surface area contributed by atoms with Crippen molar-refractivity contribution in [3.8, 4) is 11.5 Å². The Balaban J connectivity index is 1.99. The molecule has 0 saturated carbocycles. The molecule has 0 bridgehead atoms. The fraction of sp³-hybridized carbons (Fsp3) is 0.316. The highest BCUT2D eigenvalue weighted by atomic mass is 35.5. The number of benzene rings is 2. The van der Waals surface area contributed by atoms with Gasteiger partial charge in [0.15, 0.2) is 11.5 Å². The third kappa shape index (κ3) is 5.28. The number of ether oxygens (including phenoxy) is 2. The van der Waals surface area contributed by atoms with Crippen molar-refractivity contribution >= 4 is 29.1 Å². The van der Waals surface area contributed by atoms with Crippen LogP contribution in [0.3, 0.4) is 0 Å². The van der Waals surface area contributed by atoms with Crippen LogP contribution in [-0.4, -0.2) is 25.7 Å². The summed E-state index contributed by atoms with van der Waals surface area (Å²) < 4.78 is 11.2.